The van der Waals surface area contributed by atoms with Crippen molar-refractivity contribution in [1.82, 2.24) is 24.5 Å². The van der Waals surface area contributed by atoms with Crippen LogP contribution in [-0.4, -0.2) is 42.2 Å². The highest BCUT2D eigenvalue weighted by Crippen LogP contribution is 2.25. The molecule has 0 radical (unpaired) electrons. The third-order valence-corrected chi connectivity index (χ3v) is 3.99. The Morgan fingerprint density at radius 1 is 1.19 bits per heavy atom. The molecule has 26 heavy (non-hydrogen) atoms. The van der Waals surface area contributed by atoms with Crippen molar-refractivity contribution >= 4 is 17.0 Å². The Labute approximate surface area is 148 Å². The lowest BCUT2D eigenvalue weighted by atomic mass is 10.2. The van der Waals surface area contributed by atoms with Crippen molar-refractivity contribution in [3.63, 3.8) is 0 Å². The molecule has 0 unspecified atom stereocenters. The summed E-state index contributed by atoms with van der Waals surface area (Å²) in [6, 6.07) is 13.1. The first-order valence-electron chi connectivity index (χ1n) is 7.90. The lowest BCUT2D eigenvalue weighted by Gasteiger charge is -2.09. The monoisotopic (exact) mass is 349 g/mol. The van der Waals surface area contributed by atoms with E-state index < -0.39 is 5.97 Å². The number of hydrogen-bond donors (Lipinski definition) is 1. The van der Waals surface area contributed by atoms with Gasteiger partial charge >= 0.3 is 5.97 Å². The maximum atomic E-state index is 10.6. The fourth-order valence-electron chi connectivity index (χ4n) is 2.75. The molecule has 1 N–H and O–H groups in total. The molecule has 0 aliphatic carbocycles. The van der Waals surface area contributed by atoms with E-state index >= 15 is 0 Å². The molecule has 130 valence electrons. The van der Waals surface area contributed by atoms with Gasteiger partial charge in [0.2, 0.25) is 0 Å². The van der Waals surface area contributed by atoms with Crippen LogP contribution in [0.3, 0.4) is 0 Å². The van der Waals surface area contributed by atoms with Crippen LogP contribution in [0, 0.1) is 0 Å². The molecule has 0 aliphatic rings. The largest absolute Gasteiger partial charge is 0.482 e. The van der Waals surface area contributed by atoms with E-state index in [0.29, 0.717) is 5.75 Å². The molecule has 0 spiro atoms. The van der Waals surface area contributed by atoms with Gasteiger partial charge in [-0.1, -0.05) is 5.21 Å². The zero-order valence-electron chi connectivity index (χ0n) is 13.9. The van der Waals surface area contributed by atoms with Gasteiger partial charge in [-0.2, -0.15) is 0 Å². The van der Waals surface area contributed by atoms with Gasteiger partial charge in [-0.05, 0) is 42.5 Å². The standard InChI is InChI=1S/C18H15N5O3/c1-22-16-7-4-13(10-15(16)20-21-22)23-9-8-19-18(23)12-2-5-14(6-3-12)26-11-17(24)25/h2-10H,11H2,1H3,(H,24,25). The average Bonchev–Trinajstić information content (AvgIpc) is 3.27. The van der Waals surface area contributed by atoms with E-state index in [1.165, 1.54) is 0 Å². The Hall–Kier alpha value is -3.68. The molecule has 0 aliphatic heterocycles. The first-order valence-corrected chi connectivity index (χ1v) is 7.90. The Bertz CT molecular complexity index is 1080. The molecule has 2 aromatic heterocycles. The number of ether oxygens (including phenoxy) is 1. The van der Waals surface area contributed by atoms with E-state index in [9.17, 15) is 4.79 Å². The molecular formula is C18H15N5O3. The van der Waals surface area contributed by atoms with Crippen molar-refractivity contribution in [2.45, 2.75) is 0 Å². The predicted molar refractivity (Wildman–Crippen MR) is 94.2 cm³/mol. The number of rotatable bonds is 5. The van der Waals surface area contributed by atoms with Crippen LogP contribution in [0.1, 0.15) is 0 Å². The van der Waals surface area contributed by atoms with E-state index in [0.717, 1.165) is 28.1 Å². The highest BCUT2D eigenvalue weighted by atomic mass is 16.5. The number of imidazole rings is 1. The average molecular weight is 349 g/mol. The summed E-state index contributed by atoms with van der Waals surface area (Å²) in [5.74, 6) is 0.247. The summed E-state index contributed by atoms with van der Waals surface area (Å²) in [6.07, 6.45) is 3.60. The van der Waals surface area contributed by atoms with Crippen molar-refractivity contribution in [2.24, 2.45) is 7.05 Å². The third kappa shape index (κ3) is 2.88. The number of aromatic nitrogens is 5. The number of benzene rings is 2. The van der Waals surface area contributed by atoms with E-state index in [1.54, 1.807) is 23.0 Å². The number of nitrogens with zero attached hydrogens (tertiary/aromatic N) is 5. The number of carboxylic acids is 1. The summed E-state index contributed by atoms with van der Waals surface area (Å²) in [5.41, 5.74) is 3.58. The van der Waals surface area contributed by atoms with Crippen LogP contribution in [0.5, 0.6) is 5.75 Å². The molecular weight excluding hydrogens is 334 g/mol. The molecule has 0 fully saturated rings. The zero-order valence-corrected chi connectivity index (χ0v) is 13.9. The van der Waals surface area contributed by atoms with Gasteiger partial charge in [0, 0.05) is 30.7 Å². The van der Waals surface area contributed by atoms with Crippen LogP contribution in [0.15, 0.2) is 54.9 Å². The maximum absolute atomic E-state index is 10.6. The van der Waals surface area contributed by atoms with Crippen LogP contribution in [-0.2, 0) is 11.8 Å². The first kappa shape index (κ1) is 15.8. The molecule has 0 atom stereocenters. The molecule has 8 heteroatoms. The fourth-order valence-corrected chi connectivity index (χ4v) is 2.75. The van der Waals surface area contributed by atoms with Crippen molar-refractivity contribution in [1.29, 1.82) is 0 Å². The van der Waals surface area contributed by atoms with Gasteiger partial charge in [-0.25, -0.2) is 14.5 Å². The minimum Gasteiger partial charge on any atom is -0.482 e. The van der Waals surface area contributed by atoms with Gasteiger partial charge in [-0.3, -0.25) is 4.57 Å². The predicted octanol–water partition coefficient (Wildman–Crippen LogP) is 2.28. The number of carbonyl (C=O) groups is 1. The van der Waals surface area contributed by atoms with Crippen molar-refractivity contribution < 1.29 is 14.6 Å². The van der Waals surface area contributed by atoms with Crippen LogP contribution in [0.25, 0.3) is 28.1 Å². The summed E-state index contributed by atoms with van der Waals surface area (Å²) < 4.78 is 8.85. The van der Waals surface area contributed by atoms with Gasteiger partial charge in [0.1, 0.15) is 17.1 Å². The van der Waals surface area contributed by atoms with Gasteiger partial charge in [0.15, 0.2) is 6.61 Å². The molecule has 0 saturated heterocycles. The number of fused-ring (bicyclic) bond motifs is 1. The van der Waals surface area contributed by atoms with E-state index in [4.69, 9.17) is 9.84 Å². The molecule has 0 amide bonds. The second kappa shape index (κ2) is 6.32. The van der Waals surface area contributed by atoms with Crippen molar-refractivity contribution in [3.05, 3.63) is 54.9 Å². The zero-order chi connectivity index (χ0) is 18.1. The summed E-state index contributed by atoms with van der Waals surface area (Å²) >= 11 is 0. The number of aliphatic carboxylic acids is 1. The van der Waals surface area contributed by atoms with Gasteiger partial charge in [0.05, 0.1) is 5.52 Å². The first-order chi connectivity index (χ1) is 12.6. The van der Waals surface area contributed by atoms with Gasteiger partial charge in [0.25, 0.3) is 0 Å². The van der Waals surface area contributed by atoms with E-state index in [1.807, 2.05) is 48.1 Å². The van der Waals surface area contributed by atoms with E-state index in [2.05, 4.69) is 15.3 Å². The molecule has 0 saturated carbocycles. The SMILES string of the molecule is Cn1nnc2cc(-n3ccnc3-c3ccc(OCC(=O)O)cc3)ccc21. The highest BCUT2D eigenvalue weighted by Gasteiger charge is 2.10. The van der Waals surface area contributed by atoms with Crippen molar-refractivity contribution in [3.8, 4) is 22.8 Å². The molecule has 4 rings (SSSR count). The Kier molecular flexibility index (Phi) is 3.85. The normalized spacial score (nSPS) is 11.0. The molecule has 8 nitrogen and oxygen atoms in total. The van der Waals surface area contributed by atoms with Gasteiger partial charge < -0.3 is 9.84 Å². The minimum atomic E-state index is -1.01. The lowest BCUT2D eigenvalue weighted by Crippen LogP contribution is -2.09. The van der Waals surface area contributed by atoms with Crippen LogP contribution in [0.2, 0.25) is 0 Å². The Balaban J connectivity index is 1.66. The number of hydrogen-bond acceptors (Lipinski definition) is 5. The lowest BCUT2D eigenvalue weighted by molar-refractivity contribution is -0.139. The highest BCUT2D eigenvalue weighted by molar-refractivity contribution is 5.77. The topological polar surface area (TPSA) is 95.1 Å². The molecule has 0 bridgehead atoms. The number of carboxylic acid groups (broad SMARTS) is 1. The van der Waals surface area contributed by atoms with E-state index in [-0.39, 0.29) is 6.61 Å². The second-order valence-corrected chi connectivity index (χ2v) is 5.71. The Morgan fingerprint density at radius 2 is 2.00 bits per heavy atom. The third-order valence-electron chi connectivity index (χ3n) is 3.99. The number of aryl methyl sites for hydroxylation is 1. The molecule has 2 heterocycles. The van der Waals surface area contributed by atoms with Gasteiger partial charge in [-0.15, -0.1) is 5.10 Å². The minimum absolute atomic E-state index is 0.369. The smallest absolute Gasteiger partial charge is 0.341 e. The van der Waals surface area contributed by atoms with Crippen molar-refractivity contribution in [2.75, 3.05) is 6.61 Å². The summed E-state index contributed by atoms with van der Waals surface area (Å²) in [6.45, 7) is -0.369. The summed E-state index contributed by atoms with van der Waals surface area (Å²) in [7, 11) is 1.85. The summed E-state index contributed by atoms with van der Waals surface area (Å²) in [5, 5.41) is 16.8. The molecule has 2 aromatic carbocycles. The Morgan fingerprint density at radius 3 is 2.77 bits per heavy atom. The van der Waals surface area contributed by atoms with Crippen LogP contribution in [0.4, 0.5) is 0 Å². The summed E-state index contributed by atoms with van der Waals surface area (Å²) in [4.78, 5) is 15.0. The van der Waals surface area contributed by atoms with Crippen LogP contribution < -0.4 is 4.74 Å². The quantitative estimate of drug-likeness (QED) is 0.594. The maximum Gasteiger partial charge on any atom is 0.341 e. The van der Waals surface area contributed by atoms with Crippen LogP contribution >= 0.6 is 0 Å². The second-order valence-electron chi connectivity index (χ2n) is 5.71. The fraction of sp³-hybridized carbons (Fsp3) is 0.111. The molecule has 4 aromatic rings.